The molecule has 19 heavy (non-hydrogen) atoms. The predicted molar refractivity (Wildman–Crippen MR) is 73.0 cm³/mol. The third-order valence-electron chi connectivity index (χ3n) is 2.59. The topological polar surface area (TPSA) is 75.3 Å². The third-order valence-corrected chi connectivity index (χ3v) is 3.18. The van der Waals surface area contributed by atoms with Crippen LogP contribution in [0.2, 0.25) is 0 Å². The molecule has 0 aliphatic carbocycles. The maximum absolute atomic E-state index is 13.6. The molecule has 0 aliphatic heterocycles. The van der Waals surface area contributed by atoms with Crippen LogP contribution < -0.4 is 10.0 Å². The Balaban J connectivity index is 2.86. The zero-order chi connectivity index (χ0) is 14.6. The Kier molecular flexibility index (Phi) is 4.88. The summed E-state index contributed by atoms with van der Waals surface area (Å²) in [5.41, 5.74) is 0.144. The zero-order valence-electron chi connectivity index (χ0n) is 11.0. The first-order valence-corrected chi connectivity index (χ1v) is 7.70. The second-order valence-corrected chi connectivity index (χ2v) is 6.12. The van der Waals surface area contributed by atoms with E-state index in [9.17, 15) is 17.6 Å². The number of anilines is 2. The lowest BCUT2D eigenvalue weighted by atomic mass is 10.1. The maximum atomic E-state index is 13.6. The van der Waals surface area contributed by atoms with Crippen LogP contribution >= 0.6 is 0 Å². The maximum Gasteiger partial charge on any atom is 0.229 e. The van der Waals surface area contributed by atoms with Crippen molar-refractivity contribution in [3.8, 4) is 0 Å². The van der Waals surface area contributed by atoms with Gasteiger partial charge >= 0.3 is 0 Å². The van der Waals surface area contributed by atoms with E-state index in [-0.39, 0.29) is 17.5 Å². The number of amides is 1. The molecule has 0 spiro atoms. The van der Waals surface area contributed by atoms with Crippen molar-refractivity contribution in [1.29, 1.82) is 0 Å². The van der Waals surface area contributed by atoms with Gasteiger partial charge in [-0.1, -0.05) is 13.8 Å². The number of hydrogen-bond donors (Lipinski definition) is 2. The average molecular weight is 288 g/mol. The molecular weight excluding hydrogens is 271 g/mol. The van der Waals surface area contributed by atoms with Crippen LogP contribution in [0.5, 0.6) is 0 Å². The summed E-state index contributed by atoms with van der Waals surface area (Å²) in [6.07, 6.45) is 1.62. The van der Waals surface area contributed by atoms with E-state index >= 15 is 0 Å². The minimum absolute atomic E-state index is 0.149. The van der Waals surface area contributed by atoms with Crippen LogP contribution in [0.3, 0.4) is 0 Å². The second kappa shape index (κ2) is 6.01. The van der Waals surface area contributed by atoms with Gasteiger partial charge in [0.05, 0.1) is 11.9 Å². The first-order chi connectivity index (χ1) is 8.73. The number of hydrogen-bond acceptors (Lipinski definition) is 3. The molecule has 106 valence electrons. The van der Waals surface area contributed by atoms with Crippen LogP contribution in [-0.4, -0.2) is 20.6 Å². The molecule has 0 radical (unpaired) electrons. The highest BCUT2D eigenvalue weighted by molar-refractivity contribution is 7.92. The number of sulfonamides is 1. The highest BCUT2D eigenvalue weighted by atomic mass is 32.2. The summed E-state index contributed by atoms with van der Waals surface area (Å²) < 4.78 is 37.7. The molecule has 1 rings (SSSR count). The molecule has 0 saturated heterocycles. The first-order valence-electron chi connectivity index (χ1n) is 5.81. The zero-order valence-corrected chi connectivity index (χ0v) is 11.8. The molecular formula is C12H17FN2O3S. The SMILES string of the molecule is CCC(C)C(=O)Nc1ccc(NS(C)(=O)=O)c(F)c1. The van der Waals surface area contributed by atoms with E-state index < -0.39 is 15.8 Å². The summed E-state index contributed by atoms with van der Waals surface area (Å²) in [5, 5.41) is 2.57. The smallest absolute Gasteiger partial charge is 0.229 e. The molecule has 0 aromatic heterocycles. The van der Waals surface area contributed by atoms with Gasteiger partial charge < -0.3 is 5.32 Å². The van der Waals surface area contributed by atoms with E-state index in [4.69, 9.17) is 0 Å². The van der Waals surface area contributed by atoms with Crippen molar-refractivity contribution in [1.82, 2.24) is 0 Å². The lowest BCUT2D eigenvalue weighted by Gasteiger charge is -2.11. The van der Waals surface area contributed by atoms with Crippen molar-refractivity contribution in [2.75, 3.05) is 16.3 Å². The quantitative estimate of drug-likeness (QED) is 0.872. The number of carbonyl (C=O) groups excluding carboxylic acids is 1. The van der Waals surface area contributed by atoms with Gasteiger partial charge in [-0.15, -0.1) is 0 Å². The third kappa shape index (κ3) is 4.86. The van der Waals surface area contributed by atoms with Crippen LogP contribution in [0.4, 0.5) is 15.8 Å². The molecule has 0 saturated carbocycles. The Labute approximate surface area is 112 Å². The Hall–Kier alpha value is -1.63. The van der Waals surface area contributed by atoms with E-state index in [2.05, 4.69) is 5.32 Å². The molecule has 1 aromatic rings. The van der Waals surface area contributed by atoms with E-state index in [1.54, 1.807) is 6.92 Å². The molecule has 0 aliphatic rings. The number of benzene rings is 1. The van der Waals surface area contributed by atoms with Crippen LogP contribution in [0, 0.1) is 11.7 Å². The minimum Gasteiger partial charge on any atom is -0.326 e. The van der Waals surface area contributed by atoms with Gasteiger partial charge in [0.2, 0.25) is 15.9 Å². The summed E-state index contributed by atoms with van der Waals surface area (Å²) in [5.74, 6) is -1.12. The molecule has 0 bridgehead atoms. The molecule has 1 unspecified atom stereocenters. The largest absolute Gasteiger partial charge is 0.326 e. The Morgan fingerprint density at radius 2 is 2.05 bits per heavy atom. The van der Waals surface area contributed by atoms with Crippen LogP contribution in [0.15, 0.2) is 18.2 Å². The molecule has 5 nitrogen and oxygen atoms in total. The second-order valence-electron chi connectivity index (χ2n) is 4.37. The van der Waals surface area contributed by atoms with Gasteiger partial charge in [-0.2, -0.15) is 0 Å². The van der Waals surface area contributed by atoms with Gasteiger partial charge in [0, 0.05) is 11.6 Å². The van der Waals surface area contributed by atoms with Crippen molar-refractivity contribution in [3.63, 3.8) is 0 Å². The summed E-state index contributed by atoms with van der Waals surface area (Å²) in [6.45, 7) is 3.65. The predicted octanol–water partition coefficient (Wildman–Crippen LogP) is 2.18. The Bertz CT molecular complexity index is 572. The summed E-state index contributed by atoms with van der Waals surface area (Å²) in [4.78, 5) is 11.6. The lowest BCUT2D eigenvalue weighted by molar-refractivity contribution is -0.119. The summed E-state index contributed by atoms with van der Waals surface area (Å²) >= 11 is 0. The highest BCUT2D eigenvalue weighted by Gasteiger charge is 2.12. The molecule has 1 aromatic carbocycles. The van der Waals surface area contributed by atoms with E-state index in [1.807, 2.05) is 11.6 Å². The number of rotatable bonds is 5. The van der Waals surface area contributed by atoms with Gasteiger partial charge in [0.1, 0.15) is 5.82 Å². The average Bonchev–Trinajstić information content (AvgIpc) is 2.30. The van der Waals surface area contributed by atoms with Crippen LogP contribution in [0.1, 0.15) is 20.3 Å². The Morgan fingerprint density at radius 1 is 1.42 bits per heavy atom. The fraction of sp³-hybridized carbons (Fsp3) is 0.417. The van der Waals surface area contributed by atoms with Gasteiger partial charge in [-0.05, 0) is 24.6 Å². The van der Waals surface area contributed by atoms with Crippen molar-refractivity contribution < 1.29 is 17.6 Å². The molecule has 1 amide bonds. The standard InChI is InChI=1S/C12H17FN2O3S/c1-4-8(2)12(16)14-9-5-6-11(10(13)7-9)15-19(3,17)18/h5-8,15H,4H2,1-3H3,(H,14,16). The van der Waals surface area contributed by atoms with E-state index in [0.717, 1.165) is 12.3 Å². The summed E-state index contributed by atoms with van der Waals surface area (Å²) in [6, 6.07) is 3.78. The lowest BCUT2D eigenvalue weighted by Crippen LogP contribution is -2.19. The molecule has 0 heterocycles. The minimum atomic E-state index is -3.53. The molecule has 1 atom stereocenters. The number of halogens is 1. The van der Waals surface area contributed by atoms with Crippen molar-refractivity contribution in [3.05, 3.63) is 24.0 Å². The molecule has 7 heteroatoms. The normalized spacial score (nSPS) is 12.8. The number of carbonyl (C=O) groups is 1. The van der Waals surface area contributed by atoms with E-state index in [0.29, 0.717) is 12.1 Å². The van der Waals surface area contributed by atoms with Gasteiger partial charge in [-0.25, -0.2) is 12.8 Å². The molecule has 2 N–H and O–H groups in total. The highest BCUT2D eigenvalue weighted by Crippen LogP contribution is 2.20. The number of nitrogens with one attached hydrogen (secondary N) is 2. The van der Waals surface area contributed by atoms with Crippen molar-refractivity contribution in [2.24, 2.45) is 5.92 Å². The fourth-order valence-electron chi connectivity index (χ4n) is 1.33. The van der Waals surface area contributed by atoms with E-state index in [1.165, 1.54) is 12.1 Å². The molecule has 0 fully saturated rings. The summed E-state index contributed by atoms with van der Waals surface area (Å²) in [7, 11) is -3.53. The monoisotopic (exact) mass is 288 g/mol. The van der Waals surface area contributed by atoms with Gasteiger partial charge in [0.25, 0.3) is 0 Å². The first kappa shape index (κ1) is 15.4. The van der Waals surface area contributed by atoms with Crippen LogP contribution in [-0.2, 0) is 14.8 Å². The van der Waals surface area contributed by atoms with Crippen LogP contribution in [0.25, 0.3) is 0 Å². The van der Waals surface area contributed by atoms with Crippen molar-refractivity contribution >= 4 is 27.3 Å². The van der Waals surface area contributed by atoms with Gasteiger partial charge in [-0.3, -0.25) is 9.52 Å². The fourth-order valence-corrected chi connectivity index (χ4v) is 1.89. The van der Waals surface area contributed by atoms with Gasteiger partial charge in [0.15, 0.2) is 0 Å². The Morgan fingerprint density at radius 3 is 2.53 bits per heavy atom. The van der Waals surface area contributed by atoms with Crippen molar-refractivity contribution in [2.45, 2.75) is 20.3 Å².